The number of benzene rings is 4. The minimum atomic E-state index is -5.34. The van der Waals surface area contributed by atoms with Crippen molar-refractivity contribution in [1.29, 1.82) is 0 Å². The molecule has 0 heterocycles. The second kappa shape index (κ2) is 12.2. The largest absolute Gasteiger partial charge is 0.573 e. The van der Waals surface area contributed by atoms with Gasteiger partial charge in [-0.15, -0.1) is 22.7 Å². The number of carbonyl (C=O) groups excluding carboxylic acids is 1. The second-order valence-electron chi connectivity index (χ2n) is 9.70. The SMILES string of the molecule is CS(=O)(O)(Nc1ccc(Br)cc1C(=O)N[C@@H](Cc1ccc(-c2ccccc2)cc1)C(=O)O)c1ccccc1OC(F)(F)F. The predicted octanol–water partition coefficient (Wildman–Crippen LogP) is 6.75. The molecule has 4 aromatic carbocycles. The molecule has 4 N–H and O–H groups in total. The first kappa shape index (κ1) is 31.7. The lowest BCUT2D eigenvalue weighted by Gasteiger charge is -2.41. The third-order valence-corrected chi connectivity index (χ3v) is 8.84. The number of carbonyl (C=O) groups is 2. The van der Waals surface area contributed by atoms with Crippen molar-refractivity contribution in [2.75, 3.05) is 11.0 Å². The van der Waals surface area contributed by atoms with E-state index in [2.05, 4.69) is 30.7 Å². The van der Waals surface area contributed by atoms with Gasteiger partial charge in [-0.25, -0.2) is 4.79 Å². The third kappa shape index (κ3) is 8.21. The van der Waals surface area contributed by atoms with Gasteiger partial charge in [-0.3, -0.25) is 14.1 Å². The van der Waals surface area contributed by atoms with E-state index in [1.165, 1.54) is 30.3 Å². The molecule has 0 aliphatic carbocycles. The van der Waals surface area contributed by atoms with Crippen LogP contribution < -0.4 is 14.8 Å². The maximum Gasteiger partial charge on any atom is 0.573 e. The lowest BCUT2D eigenvalue weighted by molar-refractivity contribution is -0.275. The Bertz CT molecular complexity index is 1710. The van der Waals surface area contributed by atoms with Gasteiger partial charge in [0.05, 0.1) is 11.3 Å². The number of ether oxygens (including phenoxy) is 1. The predicted molar refractivity (Wildman–Crippen MR) is 160 cm³/mol. The number of carboxylic acid groups (broad SMARTS) is 1. The van der Waals surface area contributed by atoms with Gasteiger partial charge in [-0.05, 0) is 47.0 Å². The molecule has 226 valence electrons. The van der Waals surface area contributed by atoms with Gasteiger partial charge in [0, 0.05) is 17.1 Å². The lowest BCUT2D eigenvalue weighted by atomic mass is 10.0. The van der Waals surface area contributed by atoms with Crippen LogP contribution >= 0.6 is 15.9 Å². The minimum absolute atomic E-state index is 0.0670. The molecular weight excluding hydrogens is 653 g/mol. The molecule has 0 unspecified atom stereocenters. The summed E-state index contributed by atoms with van der Waals surface area (Å²) in [4.78, 5) is 24.8. The highest BCUT2D eigenvalue weighted by molar-refractivity contribution is 9.10. The molecule has 1 atom stereocenters. The number of para-hydroxylation sites is 1. The first-order valence-corrected chi connectivity index (χ1v) is 15.7. The van der Waals surface area contributed by atoms with Gasteiger partial charge in [0.1, 0.15) is 10.9 Å². The molecule has 0 saturated carbocycles. The summed E-state index contributed by atoms with van der Waals surface area (Å²) < 4.78 is 70.6. The van der Waals surface area contributed by atoms with E-state index in [9.17, 15) is 36.6 Å². The number of rotatable bonds is 10. The van der Waals surface area contributed by atoms with Crippen LogP contribution in [0.5, 0.6) is 5.75 Å². The normalized spacial score (nSPS) is 13.3. The Balaban J connectivity index is 1.59. The van der Waals surface area contributed by atoms with Gasteiger partial charge in [-0.2, -0.15) is 4.21 Å². The fourth-order valence-corrected chi connectivity index (χ4v) is 6.45. The first-order chi connectivity index (χ1) is 20.1. The summed E-state index contributed by atoms with van der Waals surface area (Å²) in [6, 6.07) is 23.7. The number of anilines is 1. The summed E-state index contributed by atoms with van der Waals surface area (Å²) in [6.45, 7) is 0. The molecule has 0 bridgehead atoms. The van der Waals surface area contributed by atoms with E-state index in [1.807, 2.05) is 42.5 Å². The van der Waals surface area contributed by atoms with Crippen molar-refractivity contribution in [3.8, 4) is 16.9 Å². The fraction of sp³-hybridized carbons (Fsp3) is 0.133. The molecule has 4 aromatic rings. The fourth-order valence-electron chi connectivity index (χ4n) is 4.30. The van der Waals surface area contributed by atoms with Gasteiger partial charge < -0.3 is 15.2 Å². The molecule has 0 aliphatic heterocycles. The number of aliphatic carboxylic acids is 1. The summed E-state index contributed by atoms with van der Waals surface area (Å²) >= 11 is 3.22. The zero-order chi connectivity index (χ0) is 31.4. The average Bonchev–Trinajstić information content (AvgIpc) is 2.93. The Kier molecular flexibility index (Phi) is 9.00. The number of carboxylic acids is 1. The summed E-state index contributed by atoms with van der Waals surface area (Å²) in [5, 5.41) is 12.3. The van der Waals surface area contributed by atoms with Gasteiger partial charge in [-0.1, -0.05) is 82.7 Å². The molecule has 13 heteroatoms. The van der Waals surface area contributed by atoms with E-state index in [1.54, 1.807) is 12.1 Å². The van der Waals surface area contributed by atoms with Crippen LogP contribution in [-0.2, 0) is 20.7 Å². The number of hydrogen-bond acceptors (Lipinski definition) is 4. The Morgan fingerprint density at radius 2 is 1.53 bits per heavy atom. The summed E-state index contributed by atoms with van der Waals surface area (Å²) in [6.07, 6.45) is -4.43. The second-order valence-corrected chi connectivity index (χ2v) is 13.8. The van der Waals surface area contributed by atoms with E-state index in [4.69, 9.17) is 0 Å². The average molecular weight is 680 g/mol. The lowest BCUT2D eigenvalue weighted by Crippen LogP contribution is -2.44. The van der Waals surface area contributed by atoms with Crippen LogP contribution in [0.4, 0.5) is 18.9 Å². The van der Waals surface area contributed by atoms with E-state index < -0.39 is 44.5 Å². The quantitative estimate of drug-likeness (QED) is 0.147. The molecule has 0 spiro atoms. The van der Waals surface area contributed by atoms with E-state index >= 15 is 0 Å². The number of alkyl halides is 3. The van der Waals surface area contributed by atoms with Crippen LogP contribution in [0.25, 0.3) is 11.1 Å². The van der Waals surface area contributed by atoms with Crippen molar-refractivity contribution in [3.63, 3.8) is 0 Å². The molecule has 0 saturated heterocycles. The van der Waals surface area contributed by atoms with Gasteiger partial charge in [0.2, 0.25) is 0 Å². The molecule has 0 aliphatic rings. The topological polar surface area (TPSA) is 125 Å². The van der Waals surface area contributed by atoms with E-state index in [-0.39, 0.29) is 17.7 Å². The standard InChI is InChI=1S/C30H26BrF3N2O6S/c1-43(40,41,27-10-6-5-9-26(27)42-30(32,33)34)36-24-16-15-22(31)18-23(24)28(37)35-25(29(38)39)17-19-11-13-21(14-12-19)20-7-3-2-4-8-20/h2-16,18,25H,17H2,1H3,(H,35,37)(H,38,39)(H2,36,40,41)/t25-/m0/s1. The highest BCUT2D eigenvalue weighted by Crippen LogP contribution is 2.40. The molecule has 43 heavy (non-hydrogen) atoms. The van der Waals surface area contributed by atoms with Crippen molar-refractivity contribution in [1.82, 2.24) is 5.32 Å². The van der Waals surface area contributed by atoms with Crippen LogP contribution in [0.2, 0.25) is 0 Å². The van der Waals surface area contributed by atoms with Gasteiger partial charge >= 0.3 is 12.3 Å². The van der Waals surface area contributed by atoms with Gasteiger partial charge in [0.15, 0.2) is 5.75 Å². The molecule has 8 nitrogen and oxygen atoms in total. The van der Waals surface area contributed by atoms with Crippen LogP contribution in [0.1, 0.15) is 15.9 Å². The number of halogens is 4. The van der Waals surface area contributed by atoms with E-state index in [0.29, 0.717) is 10.0 Å². The minimum Gasteiger partial charge on any atom is -0.480 e. The zero-order valence-corrected chi connectivity index (χ0v) is 24.9. The Hall–Kier alpha value is -4.20. The monoisotopic (exact) mass is 678 g/mol. The Morgan fingerprint density at radius 1 is 0.930 bits per heavy atom. The molecule has 0 aromatic heterocycles. The Labute approximate surface area is 253 Å². The molecular formula is C30H26BrF3N2O6S. The van der Waals surface area contributed by atoms with Crippen molar-refractivity contribution < 1.29 is 41.4 Å². The van der Waals surface area contributed by atoms with Crippen molar-refractivity contribution >= 4 is 43.0 Å². The number of hydrogen-bond donors (Lipinski definition) is 4. The Morgan fingerprint density at radius 3 is 2.16 bits per heavy atom. The van der Waals surface area contributed by atoms with Crippen LogP contribution in [0, 0.1) is 0 Å². The van der Waals surface area contributed by atoms with Crippen molar-refractivity contribution in [3.05, 3.63) is 113 Å². The summed E-state index contributed by atoms with van der Waals surface area (Å²) in [5.74, 6) is -3.13. The maximum absolute atomic E-state index is 13.8. The molecule has 4 rings (SSSR count). The highest BCUT2D eigenvalue weighted by atomic mass is 79.9. The van der Waals surface area contributed by atoms with Crippen molar-refractivity contribution in [2.24, 2.45) is 0 Å². The highest BCUT2D eigenvalue weighted by Gasteiger charge is 2.36. The number of amides is 1. The maximum atomic E-state index is 13.8. The van der Waals surface area contributed by atoms with Crippen LogP contribution in [-0.4, -0.2) is 44.4 Å². The third-order valence-electron chi connectivity index (χ3n) is 6.27. The summed E-state index contributed by atoms with van der Waals surface area (Å²) in [7, 11) is -5.34. The van der Waals surface area contributed by atoms with Crippen LogP contribution in [0.15, 0.2) is 106 Å². The van der Waals surface area contributed by atoms with Crippen molar-refractivity contribution in [2.45, 2.75) is 23.7 Å². The summed E-state index contributed by atoms with van der Waals surface area (Å²) in [5.41, 5.74) is 2.07. The molecule has 1 amide bonds. The molecule has 0 fully saturated rings. The first-order valence-electron chi connectivity index (χ1n) is 12.6. The number of nitrogens with one attached hydrogen (secondary N) is 2. The molecule has 0 radical (unpaired) electrons. The van der Waals surface area contributed by atoms with Gasteiger partial charge in [0.25, 0.3) is 5.91 Å². The van der Waals surface area contributed by atoms with Crippen LogP contribution in [0.3, 0.4) is 0 Å². The smallest absolute Gasteiger partial charge is 0.480 e. The zero-order valence-electron chi connectivity index (χ0n) is 22.5. The van der Waals surface area contributed by atoms with E-state index in [0.717, 1.165) is 29.5 Å².